The van der Waals surface area contributed by atoms with Crippen LogP contribution in [-0.4, -0.2) is 33.2 Å². The fourth-order valence-corrected chi connectivity index (χ4v) is 0.859. The van der Waals surface area contributed by atoms with Gasteiger partial charge in [-0.25, -0.2) is 4.79 Å². The molecule has 0 spiro atoms. The molecule has 13 heavy (non-hydrogen) atoms. The van der Waals surface area contributed by atoms with Gasteiger partial charge in [-0.15, -0.1) is 0 Å². The van der Waals surface area contributed by atoms with Crippen LogP contribution in [0.3, 0.4) is 0 Å². The molecular formula is C7H9NO5. The number of nitrogens with zero attached hydrogens (tertiary/aromatic N) is 1. The molecule has 0 bridgehead atoms. The van der Waals surface area contributed by atoms with Crippen LogP contribution in [0.4, 0.5) is 0 Å². The highest BCUT2D eigenvalue weighted by molar-refractivity contribution is 5.84. The van der Waals surface area contributed by atoms with Gasteiger partial charge >= 0.3 is 5.97 Å². The van der Waals surface area contributed by atoms with Crippen LogP contribution in [0.25, 0.3) is 0 Å². The summed E-state index contributed by atoms with van der Waals surface area (Å²) in [6.07, 6.45) is 0.721. The summed E-state index contributed by atoms with van der Waals surface area (Å²) in [6, 6.07) is -1.06. The van der Waals surface area contributed by atoms with Crippen molar-refractivity contribution in [1.82, 2.24) is 5.06 Å². The van der Waals surface area contributed by atoms with Gasteiger partial charge in [-0.3, -0.25) is 4.79 Å². The van der Waals surface area contributed by atoms with Gasteiger partial charge in [0.15, 0.2) is 12.3 Å². The molecule has 0 aliphatic carbocycles. The Morgan fingerprint density at radius 3 is 2.85 bits per heavy atom. The number of hydrogen-bond acceptors (Lipinski definition) is 4. The zero-order valence-electron chi connectivity index (χ0n) is 6.93. The molecule has 0 aromatic heterocycles. The smallest absolute Gasteiger partial charge is 0.329 e. The number of amides is 1. The number of hydroxylamine groups is 2. The molecular weight excluding hydrogens is 178 g/mol. The van der Waals surface area contributed by atoms with Crippen LogP contribution in [0.1, 0.15) is 13.3 Å². The third kappa shape index (κ3) is 1.90. The molecule has 0 aromatic carbocycles. The van der Waals surface area contributed by atoms with Crippen molar-refractivity contribution in [3.63, 3.8) is 0 Å². The Kier molecular flexibility index (Phi) is 2.41. The minimum absolute atomic E-state index is 0.209. The highest BCUT2D eigenvalue weighted by Gasteiger charge is 2.30. The highest BCUT2D eigenvalue weighted by Crippen LogP contribution is 2.13. The van der Waals surface area contributed by atoms with Crippen molar-refractivity contribution in [3.05, 3.63) is 12.0 Å². The number of carbonyl (C=O) groups is 2. The zero-order chi connectivity index (χ0) is 10.0. The van der Waals surface area contributed by atoms with Crippen LogP contribution in [-0.2, 0) is 14.4 Å². The molecule has 6 nitrogen and oxygen atoms in total. The summed E-state index contributed by atoms with van der Waals surface area (Å²) in [6.45, 7) is 1.32. The van der Waals surface area contributed by atoms with E-state index in [1.165, 1.54) is 6.92 Å². The Morgan fingerprint density at radius 2 is 2.38 bits per heavy atom. The van der Waals surface area contributed by atoms with E-state index < -0.39 is 17.9 Å². The third-order valence-corrected chi connectivity index (χ3v) is 1.59. The number of rotatable bonds is 2. The van der Waals surface area contributed by atoms with Gasteiger partial charge in [-0.05, 0) is 6.92 Å². The van der Waals surface area contributed by atoms with Gasteiger partial charge in [0.1, 0.15) is 5.76 Å². The van der Waals surface area contributed by atoms with E-state index in [1.807, 2.05) is 0 Å². The van der Waals surface area contributed by atoms with E-state index in [0.29, 0.717) is 5.06 Å². The summed E-state index contributed by atoms with van der Waals surface area (Å²) in [7, 11) is 0. The summed E-state index contributed by atoms with van der Waals surface area (Å²) in [5.74, 6) is -1.95. The van der Waals surface area contributed by atoms with Crippen molar-refractivity contribution < 1.29 is 24.6 Å². The summed E-state index contributed by atoms with van der Waals surface area (Å²) < 4.78 is 0. The number of aliphatic hydroxyl groups is 1. The van der Waals surface area contributed by atoms with E-state index in [0.717, 1.165) is 6.26 Å². The first-order valence-electron chi connectivity index (χ1n) is 3.62. The van der Waals surface area contributed by atoms with Gasteiger partial charge in [0.2, 0.25) is 0 Å². The summed E-state index contributed by atoms with van der Waals surface area (Å²) in [5.41, 5.74) is 0. The monoisotopic (exact) mass is 187 g/mol. The maximum absolute atomic E-state index is 11.1. The standard InChI is InChI=1S/C7H9NO5/c1-4(7(11)12)8-6(10)2-5(9)3-13-8/h3-4,9H,2H2,1H3,(H,11,12). The molecule has 0 radical (unpaired) electrons. The molecule has 0 saturated heterocycles. The second-order valence-electron chi connectivity index (χ2n) is 2.63. The molecule has 1 atom stereocenters. The number of aliphatic hydroxyl groups excluding tert-OH is 1. The molecule has 1 amide bonds. The molecule has 0 fully saturated rings. The fourth-order valence-electron chi connectivity index (χ4n) is 0.859. The molecule has 2 N–H and O–H groups in total. The highest BCUT2D eigenvalue weighted by atomic mass is 16.7. The predicted molar refractivity (Wildman–Crippen MR) is 40.4 cm³/mol. The molecule has 0 aromatic rings. The molecule has 1 heterocycles. The second kappa shape index (κ2) is 3.34. The summed E-state index contributed by atoms with van der Waals surface area (Å²) in [4.78, 5) is 26.2. The lowest BCUT2D eigenvalue weighted by molar-refractivity contribution is -0.191. The maximum atomic E-state index is 11.1. The Hall–Kier alpha value is -1.72. The maximum Gasteiger partial charge on any atom is 0.329 e. The van der Waals surface area contributed by atoms with Crippen molar-refractivity contribution in [2.75, 3.05) is 0 Å². The Morgan fingerprint density at radius 1 is 1.77 bits per heavy atom. The SMILES string of the molecule is CC(C(=O)O)N1OC=C(O)CC1=O. The van der Waals surface area contributed by atoms with Crippen molar-refractivity contribution in [2.45, 2.75) is 19.4 Å². The quantitative estimate of drug-likeness (QED) is 0.636. The molecule has 0 saturated carbocycles. The van der Waals surface area contributed by atoms with Crippen molar-refractivity contribution in [1.29, 1.82) is 0 Å². The number of carbonyl (C=O) groups excluding carboxylic acids is 1. The van der Waals surface area contributed by atoms with Gasteiger partial charge in [-0.1, -0.05) is 0 Å². The van der Waals surface area contributed by atoms with Crippen LogP contribution in [0.2, 0.25) is 0 Å². The molecule has 1 aliphatic rings. The normalized spacial score (nSPS) is 19.0. The molecule has 1 unspecified atom stereocenters. The van der Waals surface area contributed by atoms with E-state index in [9.17, 15) is 9.59 Å². The Bertz CT molecular complexity index is 272. The first-order chi connectivity index (χ1) is 6.02. The van der Waals surface area contributed by atoms with Gasteiger partial charge < -0.3 is 15.1 Å². The molecule has 1 rings (SSSR count). The van der Waals surface area contributed by atoms with E-state index in [2.05, 4.69) is 4.84 Å². The van der Waals surface area contributed by atoms with Crippen LogP contribution >= 0.6 is 0 Å². The van der Waals surface area contributed by atoms with E-state index in [4.69, 9.17) is 10.2 Å². The van der Waals surface area contributed by atoms with Crippen LogP contribution in [0, 0.1) is 0 Å². The molecule has 72 valence electrons. The van der Waals surface area contributed by atoms with Gasteiger partial charge in [0.25, 0.3) is 5.91 Å². The predicted octanol–water partition coefficient (Wildman–Crippen LogP) is 0.0228. The third-order valence-electron chi connectivity index (χ3n) is 1.59. The minimum Gasteiger partial charge on any atom is -0.508 e. The summed E-state index contributed by atoms with van der Waals surface area (Å²) in [5, 5.41) is 18.1. The molecule has 1 aliphatic heterocycles. The van der Waals surface area contributed by atoms with Gasteiger partial charge in [0.05, 0.1) is 6.42 Å². The van der Waals surface area contributed by atoms with Crippen LogP contribution < -0.4 is 0 Å². The second-order valence-corrected chi connectivity index (χ2v) is 2.63. The molecule has 6 heteroatoms. The van der Waals surface area contributed by atoms with Crippen molar-refractivity contribution >= 4 is 11.9 Å². The first-order valence-corrected chi connectivity index (χ1v) is 3.62. The van der Waals surface area contributed by atoms with Crippen molar-refractivity contribution in [2.24, 2.45) is 0 Å². The largest absolute Gasteiger partial charge is 0.508 e. The lowest BCUT2D eigenvalue weighted by Crippen LogP contribution is -2.43. The van der Waals surface area contributed by atoms with Crippen molar-refractivity contribution in [3.8, 4) is 0 Å². The van der Waals surface area contributed by atoms with Crippen LogP contribution in [0.15, 0.2) is 12.0 Å². The van der Waals surface area contributed by atoms with Crippen LogP contribution in [0.5, 0.6) is 0 Å². The lowest BCUT2D eigenvalue weighted by atomic mass is 10.2. The summed E-state index contributed by atoms with van der Waals surface area (Å²) >= 11 is 0. The number of hydrogen-bond donors (Lipinski definition) is 2. The lowest BCUT2D eigenvalue weighted by Gasteiger charge is -2.26. The average molecular weight is 187 g/mol. The number of carboxylic acid groups (broad SMARTS) is 1. The van der Waals surface area contributed by atoms with E-state index >= 15 is 0 Å². The minimum atomic E-state index is -1.16. The number of carboxylic acids is 1. The topological polar surface area (TPSA) is 87.1 Å². The zero-order valence-corrected chi connectivity index (χ0v) is 6.93. The van der Waals surface area contributed by atoms with Gasteiger partial charge in [0, 0.05) is 0 Å². The average Bonchev–Trinajstić information content (AvgIpc) is 2.03. The first kappa shape index (κ1) is 9.37. The Labute approximate surface area is 74.0 Å². The Balaban J connectivity index is 2.73. The van der Waals surface area contributed by atoms with Gasteiger partial charge in [-0.2, -0.15) is 5.06 Å². The van der Waals surface area contributed by atoms with E-state index in [1.54, 1.807) is 0 Å². The fraction of sp³-hybridized carbons (Fsp3) is 0.429. The number of aliphatic carboxylic acids is 1. The van der Waals surface area contributed by atoms with E-state index in [-0.39, 0.29) is 12.2 Å².